The largest absolute Gasteiger partial charge is 0.396 e. The van der Waals surface area contributed by atoms with Crippen LogP contribution < -0.4 is 10.7 Å². The van der Waals surface area contributed by atoms with Gasteiger partial charge in [-0.15, -0.1) is 0 Å². The maximum Gasteiger partial charge on any atom is 0.284 e. The van der Waals surface area contributed by atoms with E-state index < -0.39 is 12.3 Å². The highest BCUT2D eigenvalue weighted by atomic mass is 19.3. The third-order valence-corrected chi connectivity index (χ3v) is 7.29. The van der Waals surface area contributed by atoms with E-state index in [9.17, 15) is 18.7 Å². The zero-order chi connectivity index (χ0) is 23.8. The molecule has 1 saturated carbocycles. The zero-order valence-electron chi connectivity index (χ0n) is 19.1. The van der Waals surface area contributed by atoms with Gasteiger partial charge in [0.2, 0.25) is 5.91 Å². The number of fused-ring (bicyclic) bond motifs is 1. The Morgan fingerprint density at radius 3 is 2.56 bits per heavy atom. The molecule has 3 N–H and O–H groups in total. The van der Waals surface area contributed by atoms with Gasteiger partial charge in [-0.2, -0.15) is 5.10 Å². The van der Waals surface area contributed by atoms with Gasteiger partial charge in [-0.1, -0.05) is 0 Å². The number of amidine groups is 1. The molecule has 1 aliphatic carbocycles. The second-order valence-electron chi connectivity index (χ2n) is 9.44. The molecule has 3 aliphatic heterocycles. The quantitative estimate of drug-likeness (QED) is 0.679. The molecule has 1 saturated heterocycles. The van der Waals surface area contributed by atoms with Crippen LogP contribution in [0.2, 0.25) is 0 Å². The van der Waals surface area contributed by atoms with Gasteiger partial charge in [0.05, 0.1) is 24.4 Å². The van der Waals surface area contributed by atoms with Crippen LogP contribution in [0.1, 0.15) is 63.1 Å². The number of anilines is 1. The number of nitrogens with zero attached hydrogens (tertiary/aromatic N) is 6. The molecule has 0 spiro atoms. The van der Waals surface area contributed by atoms with Crippen molar-refractivity contribution in [3.63, 3.8) is 0 Å². The number of primary amides is 1. The fraction of sp³-hybridized carbons (Fsp3) is 0.609. The van der Waals surface area contributed by atoms with Crippen LogP contribution in [0.4, 0.5) is 14.5 Å². The van der Waals surface area contributed by atoms with E-state index in [0.717, 1.165) is 57.5 Å². The number of hydrogen-bond donors (Lipinski definition) is 2. The molecule has 0 bridgehead atoms. The van der Waals surface area contributed by atoms with E-state index in [4.69, 9.17) is 10.7 Å². The van der Waals surface area contributed by atoms with Gasteiger partial charge in [0.25, 0.3) is 6.43 Å². The van der Waals surface area contributed by atoms with Crippen LogP contribution in [0.5, 0.6) is 0 Å². The molecule has 34 heavy (non-hydrogen) atoms. The maximum absolute atomic E-state index is 14.1. The minimum Gasteiger partial charge on any atom is -0.396 e. The summed E-state index contributed by atoms with van der Waals surface area (Å²) in [6.45, 7) is 1.99. The van der Waals surface area contributed by atoms with E-state index in [1.807, 2.05) is 6.08 Å². The molecule has 1 aromatic rings. The summed E-state index contributed by atoms with van der Waals surface area (Å²) >= 11 is 0. The number of rotatable bonds is 5. The van der Waals surface area contributed by atoms with Crippen LogP contribution in [0, 0.1) is 5.92 Å². The predicted molar refractivity (Wildman–Crippen MR) is 123 cm³/mol. The first-order chi connectivity index (χ1) is 16.5. The van der Waals surface area contributed by atoms with Gasteiger partial charge in [0.15, 0.2) is 11.5 Å². The lowest BCUT2D eigenvalue weighted by molar-refractivity contribution is -0.114. The number of aromatic nitrogens is 2. The number of nitrogens with two attached hydrogens (primary N) is 1. The van der Waals surface area contributed by atoms with Crippen LogP contribution in [0.15, 0.2) is 34.9 Å². The number of alkyl halides is 2. The molecule has 4 aliphatic rings. The molecule has 9 nitrogen and oxygen atoms in total. The number of amides is 1. The lowest BCUT2D eigenvalue weighted by atomic mass is 9.87. The van der Waals surface area contributed by atoms with Crippen LogP contribution in [0.3, 0.4) is 0 Å². The number of aliphatic hydroxyl groups excluding tert-OH is 1. The molecule has 0 atom stereocenters. The van der Waals surface area contributed by atoms with Crippen molar-refractivity contribution in [1.29, 1.82) is 0 Å². The van der Waals surface area contributed by atoms with Crippen LogP contribution in [0.25, 0.3) is 0 Å². The Bertz CT molecular complexity index is 1020. The lowest BCUT2D eigenvalue weighted by Crippen LogP contribution is -2.39. The number of carbonyl (C=O) groups is 1. The summed E-state index contributed by atoms with van der Waals surface area (Å²) in [5, 5.41) is 16.9. The molecule has 0 aromatic carbocycles. The van der Waals surface area contributed by atoms with Crippen LogP contribution >= 0.6 is 0 Å². The van der Waals surface area contributed by atoms with Gasteiger partial charge < -0.3 is 15.7 Å². The predicted octanol–water partition coefficient (Wildman–Crippen LogP) is 2.69. The highest BCUT2D eigenvalue weighted by Gasteiger charge is 2.38. The molecule has 11 heteroatoms. The van der Waals surface area contributed by atoms with E-state index in [2.05, 4.69) is 10.00 Å². The van der Waals surface area contributed by atoms with Gasteiger partial charge in [-0.3, -0.25) is 14.5 Å². The molecule has 0 radical (unpaired) electrons. The van der Waals surface area contributed by atoms with E-state index in [-0.39, 0.29) is 42.1 Å². The first-order valence-corrected chi connectivity index (χ1v) is 12.1. The first kappa shape index (κ1) is 22.8. The standard InChI is InChI=1S/C23H31F2N7O2/c24-21(25)20-18(13-30(28-20)16-6-4-15(14-33)5-7-16)32-12-17(22(26)34)23-27-19(8-11-31(23)32)29-9-2-1-3-10-29/h8,11,13,15-16,21,33H,1-7,9-10,12,14H2,(H2,26,34). The summed E-state index contributed by atoms with van der Waals surface area (Å²) in [7, 11) is 0. The van der Waals surface area contributed by atoms with Crippen molar-refractivity contribution >= 4 is 17.4 Å². The Balaban J connectivity index is 1.44. The Morgan fingerprint density at radius 1 is 1.18 bits per heavy atom. The van der Waals surface area contributed by atoms with Crippen LogP contribution in [-0.4, -0.2) is 62.8 Å². The number of likely N-dealkylation sites (tertiary alicyclic amines) is 1. The van der Waals surface area contributed by atoms with E-state index in [0.29, 0.717) is 5.82 Å². The molecular formula is C23H31F2N7O2. The number of halogens is 2. The molecule has 0 unspecified atom stereocenters. The number of hydrazine groups is 1. The normalized spacial score (nSPS) is 25.3. The summed E-state index contributed by atoms with van der Waals surface area (Å²) < 4.78 is 29.7. The number of hydrogen-bond acceptors (Lipinski definition) is 7. The van der Waals surface area contributed by atoms with Gasteiger partial charge in [0, 0.05) is 25.9 Å². The van der Waals surface area contributed by atoms with Crippen molar-refractivity contribution in [3.8, 4) is 0 Å². The Morgan fingerprint density at radius 2 is 1.91 bits per heavy atom. The number of aliphatic hydroxyl groups is 1. The fourth-order valence-electron chi connectivity index (χ4n) is 5.32. The molecule has 2 fully saturated rings. The van der Waals surface area contributed by atoms with Crippen molar-refractivity contribution in [3.05, 3.63) is 35.6 Å². The highest BCUT2D eigenvalue weighted by Crippen LogP contribution is 2.39. The SMILES string of the molecule is NC(=O)C1=C2N=C(N3CCCCC3)C=CN2N(c2cn(C3CCC(CO)CC3)nc2C(F)F)C1. The van der Waals surface area contributed by atoms with Gasteiger partial charge in [-0.05, 0) is 56.9 Å². The molecule has 1 amide bonds. The van der Waals surface area contributed by atoms with Gasteiger partial charge >= 0.3 is 0 Å². The van der Waals surface area contributed by atoms with E-state index in [1.54, 1.807) is 27.1 Å². The molecular weight excluding hydrogens is 444 g/mol. The average molecular weight is 476 g/mol. The van der Waals surface area contributed by atoms with Crippen molar-refractivity contribution in [2.45, 2.75) is 57.4 Å². The molecule has 184 valence electrons. The average Bonchev–Trinajstić information content (AvgIpc) is 3.46. The van der Waals surface area contributed by atoms with Crippen molar-refractivity contribution < 1.29 is 18.7 Å². The van der Waals surface area contributed by atoms with Gasteiger partial charge in [-0.25, -0.2) is 18.8 Å². The summed E-state index contributed by atoms with van der Waals surface area (Å²) in [5.74, 6) is 0.784. The Labute approximate surface area is 197 Å². The molecule has 4 heterocycles. The minimum atomic E-state index is -2.77. The summed E-state index contributed by atoms with van der Waals surface area (Å²) in [6.07, 6.45) is 9.08. The first-order valence-electron chi connectivity index (χ1n) is 12.1. The van der Waals surface area contributed by atoms with Gasteiger partial charge in [0.1, 0.15) is 11.5 Å². The monoisotopic (exact) mass is 475 g/mol. The summed E-state index contributed by atoms with van der Waals surface area (Å²) in [4.78, 5) is 19.2. The second-order valence-corrected chi connectivity index (χ2v) is 9.44. The number of piperidine rings is 1. The molecule has 1 aromatic heterocycles. The van der Waals surface area contributed by atoms with E-state index in [1.165, 1.54) is 6.42 Å². The fourth-order valence-corrected chi connectivity index (χ4v) is 5.32. The number of aliphatic imine (C=N–C) groups is 1. The summed E-state index contributed by atoms with van der Waals surface area (Å²) in [5.41, 5.74) is 5.88. The van der Waals surface area contributed by atoms with Crippen LogP contribution in [-0.2, 0) is 4.79 Å². The van der Waals surface area contributed by atoms with E-state index >= 15 is 0 Å². The smallest absolute Gasteiger partial charge is 0.284 e. The third kappa shape index (κ3) is 4.17. The maximum atomic E-state index is 14.1. The topological polar surface area (TPSA) is 103 Å². The van der Waals surface area contributed by atoms with Crippen molar-refractivity contribution in [1.82, 2.24) is 19.7 Å². The zero-order valence-corrected chi connectivity index (χ0v) is 19.1. The third-order valence-electron chi connectivity index (χ3n) is 7.29. The second kappa shape index (κ2) is 9.36. The molecule has 5 rings (SSSR count). The minimum absolute atomic E-state index is 0.000293. The Hall–Kier alpha value is -2.95. The number of carbonyl (C=O) groups excluding carboxylic acids is 1. The highest BCUT2D eigenvalue weighted by molar-refractivity contribution is 5.98. The van der Waals surface area contributed by atoms with Crippen molar-refractivity contribution in [2.24, 2.45) is 16.6 Å². The van der Waals surface area contributed by atoms with Crippen molar-refractivity contribution in [2.75, 3.05) is 31.3 Å². The summed E-state index contributed by atoms with van der Waals surface area (Å²) in [6, 6.07) is 0.000293. The lowest BCUT2D eigenvalue weighted by Gasteiger charge is -2.34. The Kier molecular flexibility index (Phi) is 6.28.